The van der Waals surface area contributed by atoms with E-state index in [1.807, 2.05) is 31.2 Å². The van der Waals surface area contributed by atoms with Crippen LogP contribution in [-0.4, -0.2) is 109 Å². The zero-order valence-electron chi connectivity index (χ0n) is 45.2. The summed E-state index contributed by atoms with van der Waals surface area (Å²) in [6.45, 7) is 12.2. The average Bonchev–Trinajstić information content (AvgIpc) is 4.08. The molecule has 6 aromatic rings. The zero-order chi connectivity index (χ0) is 53.9. The van der Waals surface area contributed by atoms with Gasteiger partial charge in [-0.3, -0.25) is 14.6 Å². The number of pyridine rings is 1. The second-order valence-corrected chi connectivity index (χ2v) is 25.3. The summed E-state index contributed by atoms with van der Waals surface area (Å²) in [6.07, 6.45) is 13.1. The summed E-state index contributed by atoms with van der Waals surface area (Å²) in [5.41, 5.74) is 6.81. The number of phenolic OH excluding ortho intramolecular Hbond substituents is 1. The summed E-state index contributed by atoms with van der Waals surface area (Å²) < 4.78 is 54.4. The first-order chi connectivity index (χ1) is 37.6. The number of nitrogens with one attached hydrogen (secondary N) is 3. The number of aromatic amines is 1. The van der Waals surface area contributed by atoms with Crippen molar-refractivity contribution in [1.29, 1.82) is 0 Å². The van der Waals surface area contributed by atoms with Crippen molar-refractivity contribution in [3.05, 3.63) is 119 Å². The number of benzene rings is 4. The number of phenols is 1. The molecule has 3 saturated carbocycles. The number of hydrogen-bond donors (Lipinski definition) is 5. The first kappa shape index (κ1) is 52.2. The standard InChI is InChI=1S/C61H73N7O9S/c1-38(2)46-7-5-6-8-48(46)50-36-66(35-40-9-13-47(41-10-11-41)52(27-40)74-4)25-26-68(50)44-31-61(32-44)20-23-67(24-21-61)43-12-14-49(53(29-43)77-45-28-42-17-22-62-58(42)64-34-45)59(70)65-78(72,73)54-30-51(69)55(57-56(54)75-37-76-57)63-33-39-15-18-60(3,71)19-16-39/h5-9,12-14,17,22,27-30,34,38-39,41,44,50,63,69,71H,10-11,15-16,18-21,23-26,31-33,35-37H2,1-4H3,(H,62,64)(H,65,70)/t39?,50-,60?/m0/s1. The van der Waals surface area contributed by atoms with Gasteiger partial charge in [0.15, 0.2) is 11.5 Å². The maximum Gasteiger partial charge on any atom is 0.268 e. The number of anilines is 2. The van der Waals surface area contributed by atoms with Gasteiger partial charge in [-0.05, 0) is 147 Å². The smallest absolute Gasteiger partial charge is 0.268 e. The third kappa shape index (κ3) is 10.6. The lowest BCUT2D eigenvalue weighted by atomic mass is 9.59. The minimum Gasteiger partial charge on any atom is -0.506 e. The van der Waals surface area contributed by atoms with Crippen molar-refractivity contribution in [1.82, 2.24) is 24.5 Å². The number of methoxy groups -OCH3 is 1. The van der Waals surface area contributed by atoms with Crippen molar-refractivity contribution >= 4 is 38.3 Å². The van der Waals surface area contributed by atoms with Crippen molar-refractivity contribution in [3.63, 3.8) is 0 Å². The highest BCUT2D eigenvalue weighted by molar-refractivity contribution is 7.90. The number of piperidine rings is 1. The molecule has 78 heavy (non-hydrogen) atoms. The molecule has 6 aliphatic rings. The number of fused-ring (bicyclic) bond motifs is 2. The molecule has 5 N–H and O–H groups in total. The van der Waals surface area contributed by atoms with Gasteiger partial charge in [-0.25, -0.2) is 18.1 Å². The number of rotatable bonds is 16. The van der Waals surface area contributed by atoms with Gasteiger partial charge in [0, 0.05) is 87.3 Å². The van der Waals surface area contributed by atoms with Crippen LogP contribution in [0.25, 0.3) is 11.0 Å². The van der Waals surface area contributed by atoms with Crippen LogP contribution in [0.3, 0.4) is 0 Å². The summed E-state index contributed by atoms with van der Waals surface area (Å²) in [6, 6.07) is 26.8. The monoisotopic (exact) mass is 1080 g/mol. The number of aromatic nitrogens is 2. The maximum absolute atomic E-state index is 14.3. The van der Waals surface area contributed by atoms with E-state index in [1.54, 1.807) is 25.6 Å². The van der Waals surface area contributed by atoms with E-state index in [0.29, 0.717) is 54.7 Å². The number of amides is 1. The van der Waals surface area contributed by atoms with E-state index < -0.39 is 26.4 Å². The summed E-state index contributed by atoms with van der Waals surface area (Å²) in [5, 5.41) is 25.7. The normalized spacial score (nSPS) is 22.7. The molecule has 4 aromatic carbocycles. The van der Waals surface area contributed by atoms with Gasteiger partial charge in [-0.15, -0.1) is 0 Å². The Hall–Kier alpha value is -6.53. The molecule has 1 amide bonds. The van der Waals surface area contributed by atoms with Gasteiger partial charge >= 0.3 is 0 Å². The summed E-state index contributed by atoms with van der Waals surface area (Å²) >= 11 is 0. The fraction of sp³-hybridized carbons (Fsp3) is 0.475. The highest BCUT2D eigenvalue weighted by atomic mass is 32.2. The highest BCUT2D eigenvalue weighted by Crippen LogP contribution is 2.54. The largest absolute Gasteiger partial charge is 0.506 e. The predicted octanol–water partition coefficient (Wildman–Crippen LogP) is 10.6. The zero-order valence-corrected chi connectivity index (χ0v) is 46.0. The molecule has 0 radical (unpaired) electrons. The molecular weight excluding hydrogens is 1010 g/mol. The molecule has 412 valence electrons. The Balaban J connectivity index is 0.741. The first-order valence-electron chi connectivity index (χ1n) is 28.0. The summed E-state index contributed by atoms with van der Waals surface area (Å²) in [7, 11) is -2.85. The Morgan fingerprint density at radius 1 is 0.897 bits per heavy atom. The molecule has 0 bridgehead atoms. The number of ether oxygens (including phenoxy) is 4. The predicted molar refractivity (Wildman–Crippen MR) is 300 cm³/mol. The molecule has 16 nitrogen and oxygen atoms in total. The van der Waals surface area contributed by atoms with Crippen molar-refractivity contribution in [2.24, 2.45) is 11.3 Å². The van der Waals surface area contributed by atoms with Crippen LogP contribution in [0.2, 0.25) is 0 Å². The number of sulfonamides is 1. The Morgan fingerprint density at radius 2 is 1.68 bits per heavy atom. The number of carbonyl (C=O) groups is 1. The molecule has 3 aliphatic heterocycles. The Bertz CT molecular complexity index is 3310. The molecule has 1 atom stereocenters. The molecule has 12 rings (SSSR count). The van der Waals surface area contributed by atoms with Crippen LogP contribution in [0.15, 0.2) is 96.2 Å². The molecule has 1 spiro atoms. The number of carbonyl (C=O) groups excluding carboxylic acids is 1. The lowest BCUT2D eigenvalue weighted by Crippen LogP contribution is -2.60. The maximum atomic E-state index is 14.3. The van der Waals surface area contributed by atoms with Gasteiger partial charge in [-0.1, -0.05) is 50.2 Å². The third-order valence-corrected chi connectivity index (χ3v) is 19.2. The topological polar surface area (TPSA) is 191 Å². The van der Waals surface area contributed by atoms with Gasteiger partial charge in [0.25, 0.3) is 15.9 Å². The van der Waals surface area contributed by atoms with Crippen molar-refractivity contribution in [2.45, 2.75) is 126 Å². The van der Waals surface area contributed by atoms with E-state index in [2.05, 4.69) is 91.0 Å². The first-order valence-corrected chi connectivity index (χ1v) is 29.5. The molecule has 5 fully saturated rings. The van der Waals surface area contributed by atoms with Crippen molar-refractivity contribution < 1.29 is 42.4 Å². The summed E-state index contributed by atoms with van der Waals surface area (Å²) in [5.74, 6) is 1.51. The number of aromatic hydroxyl groups is 1. The molecule has 2 aromatic heterocycles. The molecule has 2 saturated heterocycles. The molecular formula is C61H73N7O9S. The van der Waals surface area contributed by atoms with Crippen molar-refractivity contribution in [2.75, 3.05) is 63.4 Å². The van der Waals surface area contributed by atoms with Crippen LogP contribution >= 0.6 is 0 Å². The molecule has 17 heteroatoms. The fourth-order valence-corrected chi connectivity index (χ4v) is 14.3. The van der Waals surface area contributed by atoms with E-state index in [1.165, 1.54) is 35.1 Å². The number of nitrogens with zero attached hydrogens (tertiary/aromatic N) is 4. The number of H-pyrrole nitrogens is 1. The van der Waals surface area contributed by atoms with Gasteiger partial charge in [0.2, 0.25) is 6.79 Å². The average molecular weight is 1080 g/mol. The summed E-state index contributed by atoms with van der Waals surface area (Å²) in [4.78, 5) is 29.3. The lowest BCUT2D eigenvalue weighted by molar-refractivity contribution is -0.0628. The van der Waals surface area contributed by atoms with Crippen LogP contribution < -0.4 is 33.9 Å². The minimum absolute atomic E-state index is 0.00510. The molecule has 5 heterocycles. The Labute approximate surface area is 457 Å². The van der Waals surface area contributed by atoms with Gasteiger partial charge in [0.05, 0.1) is 24.5 Å². The van der Waals surface area contributed by atoms with Crippen molar-refractivity contribution in [3.8, 4) is 34.5 Å². The van der Waals surface area contributed by atoms with Crippen LogP contribution in [0, 0.1) is 11.3 Å². The fourth-order valence-electron chi connectivity index (χ4n) is 13.2. The molecule has 0 unspecified atom stereocenters. The lowest BCUT2D eigenvalue weighted by Gasteiger charge is -2.58. The highest BCUT2D eigenvalue weighted by Gasteiger charge is 2.50. The van der Waals surface area contributed by atoms with Crippen LogP contribution in [0.1, 0.15) is 135 Å². The van der Waals surface area contributed by atoms with E-state index in [4.69, 9.17) is 18.9 Å². The second-order valence-electron chi connectivity index (χ2n) is 23.6. The van der Waals surface area contributed by atoms with Crippen LogP contribution in [-0.2, 0) is 16.6 Å². The van der Waals surface area contributed by atoms with Gasteiger partial charge in [0.1, 0.15) is 39.2 Å². The molecule has 3 aliphatic carbocycles. The van der Waals surface area contributed by atoms with Gasteiger partial charge < -0.3 is 44.4 Å². The van der Waals surface area contributed by atoms with Crippen LogP contribution in [0.5, 0.6) is 34.5 Å². The number of piperazine rings is 1. The Kier molecular flexibility index (Phi) is 14.0. The number of aliphatic hydroxyl groups is 1. The number of hydrogen-bond acceptors (Lipinski definition) is 14. The van der Waals surface area contributed by atoms with E-state index in [0.717, 1.165) is 101 Å². The minimum atomic E-state index is -4.64. The third-order valence-electron chi connectivity index (χ3n) is 17.9. The second kappa shape index (κ2) is 20.9. The Morgan fingerprint density at radius 3 is 2.45 bits per heavy atom. The van der Waals surface area contributed by atoms with E-state index >= 15 is 0 Å². The van der Waals surface area contributed by atoms with Crippen LogP contribution in [0.4, 0.5) is 11.4 Å². The SMILES string of the molecule is COc1cc(CN2CCN(C3CC4(CCN(c5ccc(C(=O)NS(=O)(=O)c6cc(O)c(NCC7CCC(C)(O)CC7)c7c6OCO7)c(Oc6cnc7[nH]ccc7c6)c5)CC4)C3)[C@H](c3ccccc3C(C)C)C2)ccc1C1CC1. The quantitative estimate of drug-likeness (QED) is 0.0575. The van der Waals surface area contributed by atoms with Gasteiger partial charge in [-0.2, -0.15) is 0 Å². The van der Waals surface area contributed by atoms with E-state index in [9.17, 15) is 23.4 Å². The van der Waals surface area contributed by atoms with E-state index in [-0.39, 0.29) is 52.4 Å².